The lowest BCUT2D eigenvalue weighted by Gasteiger charge is -2.37. The van der Waals surface area contributed by atoms with Crippen molar-refractivity contribution in [3.05, 3.63) is 26.9 Å². The first kappa shape index (κ1) is 13.2. The lowest BCUT2D eigenvalue weighted by atomic mass is 9.99. The summed E-state index contributed by atoms with van der Waals surface area (Å²) in [6.07, 6.45) is 3.11. The minimum absolute atomic E-state index is 0.00742. The van der Waals surface area contributed by atoms with E-state index in [4.69, 9.17) is 5.73 Å². The van der Waals surface area contributed by atoms with Crippen molar-refractivity contribution in [1.82, 2.24) is 4.98 Å². The Hall–Kier alpha value is -1.21. The van der Waals surface area contributed by atoms with Gasteiger partial charge in [-0.15, -0.1) is 0 Å². The van der Waals surface area contributed by atoms with E-state index in [1.54, 1.807) is 0 Å². The maximum atomic E-state index is 10.7. The first-order chi connectivity index (χ1) is 8.49. The molecule has 0 aliphatic carbocycles. The zero-order valence-electron chi connectivity index (χ0n) is 10.0. The maximum absolute atomic E-state index is 10.7. The molecule has 2 N–H and O–H groups in total. The second kappa shape index (κ2) is 5.19. The van der Waals surface area contributed by atoms with E-state index in [0.717, 1.165) is 25.2 Å². The summed E-state index contributed by atoms with van der Waals surface area (Å²) in [6.45, 7) is 2.92. The highest BCUT2D eigenvalue weighted by Gasteiger charge is 2.26. The smallest absolute Gasteiger partial charge is 0.288 e. The molecular formula is C11H15BrN4O2. The molecule has 1 aromatic rings. The number of halogens is 1. The first-order valence-corrected chi connectivity index (χ1v) is 6.60. The number of piperidine rings is 1. The second-order valence-electron chi connectivity index (χ2n) is 4.58. The van der Waals surface area contributed by atoms with Gasteiger partial charge in [0.2, 0.25) is 0 Å². The molecule has 6 nitrogen and oxygen atoms in total. The van der Waals surface area contributed by atoms with Crippen LogP contribution in [-0.4, -0.2) is 28.5 Å². The summed E-state index contributed by atoms with van der Waals surface area (Å²) in [4.78, 5) is 16.5. The van der Waals surface area contributed by atoms with E-state index in [1.165, 1.54) is 12.3 Å². The number of anilines is 1. The predicted octanol–water partition coefficient (Wildman–Crippen LogP) is 2.07. The molecule has 1 fully saturated rings. The zero-order valence-corrected chi connectivity index (χ0v) is 11.6. The van der Waals surface area contributed by atoms with Crippen molar-refractivity contribution < 1.29 is 4.92 Å². The normalized spacial score (nSPS) is 24.1. The van der Waals surface area contributed by atoms with Crippen LogP contribution in [0.2, 0.25) is 0 Å². The number of rotatable bonds is 2. The van der Waals surface area contributed by atoms with Gasteiger partial charge < -0.3 is 10.6 Å². The van der Waals surface area contributed by atoms with Crippen LogP contribution in [0.4, 0.5) is 11.5 Å². The molecule has 1 aliphatic rings. The summed E-state index contributed by atoms with van der Waals surface area (Å²) < 4.78 is 0.652. The number of aromatic nitrogens is 1. The number of nitrogens with two attached hydrogens (primary N) is 1. The second-order valence-corrected chi connectivity index (χ2v) is 5.44. The Balaban J connectivity index is 2.26. The summed E-state index contributed by atoms with van der Waals surface area (Å²) in [6, 6.07) is 2.01. The van der Waals surface area contributed by atoms with Crippen molar-refractivity contribution in [3.63, 3.8) is 0 Å². The molecule has 18 heavy (non-hydrogen) atoms. The van der Waals surface area contributed by atoms with Gasteiger partial charge in [0.15, 0.2) is 0 Å². The Kier molecular flexibility index (Phi) is 3.82. The van der Waals surface area contributed by atoms with E-state index < -0.39 is 4.92 Å². The van der Waals surface area contributed by atoms with Crippen LogP contribution in [0.3, 0.4) is 0 Å². The fraction of sp³-hybridized carbons (Fsp3) is 0.545. The molecule has 0 amide bonds. The molecule has 2 atom stereocenters. The largest absolute Gasteiger partial charge is 0.353 e. The van der Waals surface area contributed by atoms with Crippen LogP contribution in [0.25, 0.3) is 0 Å². The monoisotopic (exact) mass is 314 g/mol. The van der Waals surface area contributed by atoms with Gasteiger partial charge in [0.1, 0.15) is 12.0 Å². The molecule has 0 radical (unpaired) electrons. The number of hydrogen-bond donors (Lipinski definition) is 1. The topological polar surface area (TPSA) is 85.3 Å². The SMILES string of the molecule is CC1CC(N)CCN1c1ncc([N+](=O)[O-])cc1Br. The first-order valence-electron chi connectivity index (χ1n) is 5.81. The molecule has 7 heteroatoms. The Labute approximate surface area is 113 Å². The molecule has 98 valence electrons. The van der Waals surface area contributed by atoms with Gasteiger partial charge >= 0.3 is 0 Å². The van der Waals surface area contributed by atoms with E-state index >= 15 is 0 Å². The van der Waals surface area contributed by atoms with E-state index in [9.17, 15) is 10.1 Å². The fourth-order valence-electron chi connectivity index (χ4n) is 2.25. The zero-order chi connectivity index (χ0) is 13.3. The van der Waals surface area contributed by atoms with Crippen molar-refractivity contribution in [1.29, 1.82) is 0 Å². The van der Waals surface area contributed by atoms with Crippen LogP contribution in [0, 0.1) is 10.1 Å². The number of pyridine rings is 1. The molecule has 0 aromatic carbocycles. The van der Waals surface area contributed by atoms with Crippen molar-refractivity contribution >= 4 is 27.4 Å². The van der Waals surface area contributed by atoms with E-state index in [1.807, 2.05) is 0 Å². The average molecular weight is 315 g/mol. The highest BCUT2D eigenvalue weighted by Crippen LogP contribution is 2.31. The molecule has 1 aliphatic heterocycles. The summed E-state index contributed by atoms with van der Waals surface area (Å²) in [7, 11) is 0. The average Bonchev–Trinajstić information content (AvgIpc) is 2.30. The van der Waals surface area contributed by atoms with Gasteiger partial charge in [-0.25, -0.2) is 4.98 Å². The molecule has 1 saturated heterocycles. The lowest BCUT2D eigenvalue weighted by molar-refractivity contribution is -0.385. The van der Waals surface area contributed by atoms with Gasteiger partial charge in [0, 0.05) is 24.7 Å². The third kappa shape index (κ3) is 2.62. The Morgan fingerprint density at radius 1 is 1.67 bits per heavy atom. The summed E-state index contributed by atoms with van der Waals surface area (Å²) in [5, 5.41) is 10.7. The summed E-state index contributed by atoms with van der Waals surface area (Å²) in [5.41, 5.74) is 5.91. The Morgan fingerprint density at radius 2 is 2.39 bits per heavy atom. The van der Waals surface area contributed by atoms with Gasteiger partial charge in [-0.05, 0) is 35.7 Å². The number of nitrogens with zero attached hydrogens (tertiary/aromatic N) is 3. The van der Waals surface area contributed by atoms with Crippen molar-refractivity contribution in [2.75, 3.05) is 11.4 Å². The maximum Gasteiger partial charge on any atom is 0.288 e. The third-order valence-electron chi connectivity index (χ3n) is 3.21. The van der Waals surface area contributed by atoms with Gasteiger partial charge in [-0.1, -0.05) is 0 Å². The minimum Gasteiger partial charge on any atom is -0.353 e. The quantitative estimate of drug-likeness (QED) is 0.667. The van der Waals surface area contributed by atoms with Crippen LogP contribution >= 0.6 is 15.9 Å². The molecule has 0 bridgehead atoms. The van der Waals surface area contributed by atoms with Crippen LogP contribution in [-0.2, 0) is 0 Å². The molecule has 0 saturated carbocycles. The highest BCUT2D eigenvalue weighted by molar-refractivity contribution is 9.10. The van der Waals surface area contributed by atoms with Crippen LogP contribution in [0.5, 0.6) is 0 Å². The Bertz CT molecular complexity index is 468. The Morgan fingerprint density at radius 3 is 2.94 bits per heavy atom. The van der Waals surface area contributed by atoms with Gasteiger partial charge in [0.05, 0.1) is 9.40 Å². The van der Waals surface area contributed by atoms with Gasteiger partial charge in [-0.3, -0.25) is 10.1 Å². The molecule has 2 rings (SSSR count). The summed E-state index contributed by atoms with van der Waals surface area (Å²) in [5.74, 6) is 0.750. The lowest BCUT2D eigenvalue weighted by Crippen LogP contribution is -2.46. The van der Waals surface area contributed by atoms with Gasteiger partial charge in [0.25, 0.3) is 5.69 Å². The summed E-state index contributed by atoms with van der Waals surface area (Å²) >= 11 is 3.35. The molecule has 2 heterocycles. The predicted molar refractivity (Wildman–Crippen MR) is 72.6 cm³/mol. The van der Waals surface area contributed by atoms with Crippen LogP contribution in [0.1, 0.15) is 19.8 Å². The number of nitro groups is 1. The van der Waals surface area contributed by atoms with E-state index in [-0.39, 0.29) is 11.7 Å². The van der Waals surface area contributed by atoms with E-state index in [2.05, 4.69) is 32.7 Å². The third-order valence-corrected chi connectivity index (χ3v) is 3.79. The van der Waals surface area contributed by atoms with Crippen molar-refractivity contribution in [2.45, 2.75) is 31.8 Å². The van der Waals surface area contributed by atoms with E-state index in [0.29, 0.717) is 10.5 Å². The highest BCUT2D eigenvalue weighted by atomic mass is 79.9. The molecule has 1 aromatic heterocycles. The molecular weight excluding hydrogens is 300 g/mol. The molecule has 2 unspecified atom stereocenters. The molecule has 0 spiro atoms. The van der Waals surface area contributed by atoms with Crippen molar-refractivity contribution in [2.24, 2.45) is 5.73 Å². The van der Waals surface area contributed by atoms with Gasteiger partial charge in [-0.2, -0.15) is 0 Å². The minimum atomic E-state index is -0.447. The van der Waals surface area contributed by atoms with Crippen LogP contribution < -0.4 is 10.6 Å². The fourth-order valence-corrected chi connectivity index (χ4v) is 2.82. The standard InChI is InChI=1S/C11H15BrN4O2/c1-7-4-8(13)2-3-15(7)11-10(12)5-9(6-14-11)16(17)18/h5-8H,2-4,13H2,1H3. The number of hydrogen-bond acceptors (Lipinski definition) is 5. The van der Waals surface area contributed by atoms with Crippen molar-refractivity contribution in [3.8, 4) is 0 Å². The van der Waals surface area contributed by atoms with Crippen LogP contribution in [0.15, 0.2) is 16.7 Å².